The lowest BCUT2D eigenvalue weighted by molar-refractivity contribution is -0.150. The van der Waals surface area contributed by atoms with Crippen molar-refractivity contribution in [1.29, 1.82) is 0 Å². The Morgan fingerprint density at radius 1 is 1.33 bits per heavy atom. The maximum absolute atomic E-state index is 11.7. The Labute approximate surface area is 123 Å². The lowest BCUT2D eigenvalue weighted by Gasteiger charge is -2.33. The summed E-state index contributed by atoms with van der Waals surface area (Å²) in [5.74, 6) is -0.732. The van der Waals surface area contributed by atoms with Gasteiger partial charge in [-0.25, -0.2) is 4.68 Å². The molecule has 2 N–H and O–H groups in total. The highest BCUT2D eigenvalue weighted by atomic mass is 16.4. The molecule has 0 bridgehead atoms. The molecule has 1 unspecified atom stereocenters. The van der Waals surface area contributed by atoms with Crippen molar-refractivity contribution in [3.05, 3.63) is 48.3 Å². The minimum absolute atomic E-state index is 0.467. The number of carbonyl (C=O) groups is 1. The summed E-state index contributed by atoms with van der Waals surface area (Å²) in [5.41, 5.74) is 1.08. The van der Waals surface area contributed by atoms with Crippen LogP contribution in [0.25, 0.3) is 5.69 Å². The van der Waals surface area contributed by atoms with E-state index in [1.807, 2.05) is 42.6 Å². The van der Waals surface area contributed by atoms with Gasteiger partial charge in [-0.1, -0.05) is 18.2 Å². The zero-order chi connectivity index (χ0) is 14.7. The Bertz CT molecular complexity index is 615. The molecule has 1 atom stereocenters. The minimum atomic E-state index is -0.732. The molecule has 0 radical (unpaired) electrons. The molecule has 1 aliphatic heterocycles. The van der Waals surface area contributed by atoms with E-state index in [0.29, 0.717) is 19.4 Å². The maximum atomic E-state index is 11.7. The van der Waals surface area contributed by atoms with Gasteiger partial charge >= 0.3 is 5.97 Å². The number of aliphatic carboxylic acids is 1. The Morgan fingerprint density at radius 2 is 2.14 bits per heavy atom. The lowest BCUT2D eigenvalue weighted by Crippen LogP contribution is -2.47. The van der Waals surface area contributed by atoms with Crippen molar-refractivity contribution in [1.82, 2.24) is 15.1 Å². The van der Waals surface area contributed by atoms with E-state index < -0.39 is 11.4 Å². The summed E-state index contributed by atoms with van der Waals surface area (Å²) in [6.45, 7) is 1.41. The van der Waals surface area contributed by atoms with Crippen LogP contribution in [-0.2, 0) is 11.2 Å². The molecule has 1 aromatic heterocycles. The molecule has 21 heavy (non-hydrogen) atoms. The molecule has 0 amide bonds. The molecule has 2 heterocycles. The first-order valence-corrected chi connectivity index (χ1v) is 7.24. The van der Waals surface area contributed by atoms with E-state index in [1.165, 1.54) is 0 Å². The van der Waals surface area contributed by atoms with E-state index >= 15 is 0 Å². The first-order valence-electron chi connectivity index (χ1n) is 7.24. The van der Waals surface area contributed by atoms with Crippen LogP contribution in [0.5, 0.6) is 0 Å². The summed E-state index contributed by atoms with van der Waals surface area (Å²) < 4.78 is 1.79. The van der Waals surface area contributed by atoms with Crippen molar-refractivity contribution in [2.75, 3.05) is 13.1 Å². The van der Waals surface area contributed by atoms with Crippen LogP contribution in [0.15, 0.2) is 42.6 Å². The van der Waals surface area contributed by atoms with Crippen LogP contribution in [0.3, 0.4) is 0 Å². The van der Waals surface area contributed by atoms with Crippen molar-refractivity contribution < 1.29 is 9.90 Å². The summed E-state index contributed by atoms with van der Waals surface area (Å²) in [6, 6.07) is 11.7. The van der Waals surface area contributed by atoms with Crippen LogP contribution in [-0.4, -0.2) is 33.9 Å². The third kappa shape index (κ3) is 2.83. The van der Waals surface area contributed by atoms with Gasteiger partial charge in [-0.2, -0.15) is 5.10 Å². The van der Waals surface area contributed by atoms with Crippen molar-refractivity contribution in [3.8, 4) is 5.69 Å². The molecule has 1 aliphatic rings. The lowest BCUT2D eigenvalue weighted by atomic mass is 9.77. The number of benzene rings is 1. The Balaban J connectivity index is 1.81. The van der Waals surface area contributed by atoms with Gasteiger partial charge in [0.15, 0.2) is 0 Å². The van der Waals surface area contributed by atoms with Crippen molar-refractivity contribution in [2.45, 2.75) is 19.3 Å². The predicted molar refractivity (Wildman–Crippen MR) is 79.4 cm³/mol. The molecule has 5 heteroatoms. The summed E-state index contributed by atoms with van der Waals surface area (Å²) in [7, 11) is 0. The summed E-state index contributed by atoms with van der Waals surface area (Å²) in [4.78, 5) is 11.7. The number of nitrogens with zero attached hydrogens (tertiary/aromatic N) is 2. The van der Waals surface area contributed by atoms with E-state index in [-0.39, 0.29) is 0 Å². The normalized spacial score (nSPS) is 22.1. The fourth-order valence-corrected chi connectivity index (χ4v) is 2.90. The number of rotatable bonds is 4. The fraction of sp³-hybridized carbons (Fsp3) is 0.375. The summed E-state index contributed by atoms with van der Waals surface area (Å²) >= 11 is 0. The average molecular weight is 285 g/mol. The van der Waals surface area contributed by atoms with Crippen molar-refractivity contribution >= 4 is 5.97 Å². The SMILES string of the molecule is O=C(O)C1(Cc2ccn(-c3ccccc3)n2)CCCNC1. The molecule has 5 nitrogen and oxygen atoms in total. The molecule has 2 aromatic rings. The Morgan fingerprint density at radius 3 is 2.81 bits per heavy atom. The number of piperidine rings is 1. The number of carboxylic acid groups (broad SMARTS) is 1. The highest BCUT2D eigenvalue weighted by Gasteiger charge is 2.40. The van der Waals surface area contributed by atoms with E-state index in [4.69, 9.17) is 0 Å². The predicted octanol–water partition coefficient (Wildman–Crippen LogP) is 1.87. The van der Waals surface area contributed by atoms with E-state index in [0.717, 1.165) is 24.3 Å². The molecule has 110 valence electrons. The van der Waals surface area contributed by atoms with E-state index in [1.54, 1.807) is 4.68 Å². The largest absolute Gasteiger partial charge is 0.481 e. The first-order chi connectivity index (χ1) is 10.2. The number of hydrogen-bond acceptors (Lipinski definition) is 3. The zero-order valence-corrected chi connectivity index (χ0v) is 11.8. The second kappa shape index (κ2) is 5.69. The minimum Gasteiger partial charge on any atom is -0.481 e. The third-order valence-corrected chi connectivity index (χ3v) is 4.11. The quantitative estimate of drug-likeness (QED) is 0.900. The second-order valence-corrected chi connectivity index (χ2v) is 5.63. The van der Waals surface area contributed by atoms with E-state index in [2.05, 4.69) is 10.4 Å². The number of aromatic nitrogens is 2. The average Bonchev–Trinajstić information content (AvgIpc) is 2.97. The van der Waals surface area contributed by atoms with Crippen LogP contribution in [0, 0.1) is 5.41 Å². The summed E-state index contributed by atoms with van der Waals surface area (Å²) in [6.07, 6.45) is 3.95. The summed E-state index contributed by atoms with van der Waals surface area (Å²) in [5, 5.41) is 17.3. The molecule has 3 rings (SSSR count). The van der Waals surface area contributed by atoms with Crippen LogP contribution in [0.1, 0.15) is 18.5 Å². The van der Waals surface area contributed by atoms with Gasteiger partial charge in [-0.3, -0.25) is 4.79 Å². The smallest absolute Gasteiger partial charge is 0.311 e. The monoisotopic (exact) mass is 285 g/mol. The van der Waals surface area contributed by atoms with Gasteiger partial charge in [0, 0.05) is 19.2 Å². The third-order valence-electron chi connectivity index (χ3n) is 4.11. The van der Waals surface area contributed by atoms with Crippen LogP contribution in [0.4, 0.5) is 0 Å². The van der Waals surface area contributed by atoms with Gasteiger partial charge in [0.2, 0.25) is 0 Å². The second-order valence-electron chi connectivity index (χ2n) is 5.63. The maximum Gasteiger partial charge on any atom is 0.311 e. The Kier molecular flexibility index (Phi) is 3.75. The number of hydrogen-bond donors (Lipinski definition) is 2. The van der Waals surface area contributed by atoms with Gasteiger partial charge in [-0.15, -0.1) is 0 Å². The first kappa shape index (κ1) is 13.8. The van der Waals surface area contributed by atoms with Crippen molar-refractivity contribution in [3.63, 3.8) is 0 Å². The van der Waals surface area contributed by atoms with Gasteiger partial charge in [0.25, 0.3) is 0 Å². The van der Waals surface area contributed by atoms with Gasteiger partial charge in [-0.05, 0) is 37.6 Å². The molecule has 1 fully saturated rings. The topological polar surface area (TPSA) is 67.1 Å². The number of para-hydroxylation sites is 1. The van der Waals surface area contributed by atoms with Gasteiger partial charge in [0.1, 0.15) is 0 Å². The molecular weight excluding hydrogens is 266 g/mol. The van der Waals surface area contributed by atoms with Crippen LogP contribution in [0.2, 0.25) is 0 Å². The van der Waals surface area contributed by atoms with Crippen LogP contribution >= 0.6 is 0 Å². The van der Waals surface area contributed by atoms with Gasteiger partial charge in [0.05, 0.1) is 16.8 Å². The van der Waals surface area contributed by atoms with Crippen molar-refractivity contribution in [2.24, 2.45) is 5.41 Å². The molecule has 1 saturated heterocycles. The number of nitrogens with one attached hydrogen (secondary N) is 1. The molecular formula is C16H19N3O2. The molecule has 0 aliphatic carbocycles. The highest BCUT2D eigenvalue weighted by molar-refractivity contribution is 5.75. The molecule has 0 saturated carbocycles. The van der Waals surface area contributed by atoms with Gasteiger partial charge < -0.3 is 10.4 Å². The Hall–Kier alpha value is -2.14. The van der Waals surface area contributed by atoms with Crippen LogP contribution < -0.4 is 5.32 Å². The fourth-order valence-electron chi connectivity index (χ4n) is 2.90. The standard InChI is InChI=1S/C16H19N3O2/c20-15(21)16(8-4-9-17-12-16)11-13-7-10-19(18-13)14-5-2-1-3-6-14/h1-3,5-7,10,17H,4,8-9,11-12H2,(H,20,21). The highest BCUT2D eigenvalue weighted by Crippen LogP contribution is 2.30. The molecule has 1 aromatic carbocycles. The zero-order valence-electron chi connectivity index (χ0n) is 11.8. The molecule has 0 spiro atoms. The number of carboxylic acids is 1. The van der Waals surface area contributed by atoms with E-state index in [9.17, 15) is 9.90 Å².